The standard InChI is InChI=1S/C23H22F3N7O/c1-13-3-4-17(21-27-5-2-6-28-21)20(32-13)22(34)33-12-15-7-14(15)8-16(33)9-30-19-11-29-18(10-31-19)23(24,25)26/h2-6,10-11,14-16H,7-9,12H2,1H3,(H,30,31)/t14-,15+,16-/m0/s1. The Kier molecular flexibility index (Phi) is 5.62. The van der Waals surface area contributed by atoms with Crippen LogP contribution in [0.25, 0.3) is 11.4 Å². The van der Waals surface area contributed by atoms with Crippen LogP contribution in [0, 0.1) is 18.8 Å². The maximum Gasteiger partial charge on any atom is 0.434 e. The van der Waals surface area contributed by atoms with Gasteiger partial charge in [0.15, 0.2) is 11.5 Å². The van der Waals surface area contributed by atoms with Crippen molar-refractivity contribution >= 4 is 11.7 Å². The molecule has 1 saturated carbocycles. The van der Waals surface area contributed by atoms with Gasteiger partial charge in [-0.2, -0.15) is 13.2 Å². The van der Waals surface area contributed by atoms with Gasteiger partial charge in [0.2, 0.25) is 0 Å². The van der Waals surface area contributed by atoms with Gasteiger partial charge in [0.25, 0.3) is 5.91 Å². The Morgan fingerprint density at radius 2 is 1.88 bits per heavy atom. The smallest absolute Gasteiger partial charge is 0.367 e. The fourth-order valence-corrected chi connectivity index (χ4v) is 4.41. The third kappa shape index (κ3) is 4.55. The minimum absolute atomic E-state index is 0.160. The Hall–Kier alpha value is -3.63. The molecule has 1 saturated heterocycles. The number of aryl methyl sites for hydroxylation is 1. The zero-order chi connectivity index (χ0) is 23.9. The van der Waals surface area contributed by atoms with Crippen LogP contribution in [0.1, 0.15) is 34.7 Å². The largest absolute Gasteiger partial charge is 0.434 e. The van der Waals surface area contributed by atoms with Gasteiger partial charge in [-0.3, -0.25) is 4.79 Å². The van der Waals surface area contributed by atoms with E-state index in [1.54, 1.807) is 24.5 Å². The number of carbonyl (C=O) groups is 1. The van der Waals surface area contributed by atoms with Gasteiger partial charge in [0, 0.05) is 37.2 Å². The number of halogens is 3. The van der Waals surface area contributed by atoms with Crippen LogP contribution in [0.2, 0.25) is 0 Å². The van der Waals surface area contributed by atoms with Crippen molar-refractivity contribution < 1.29 is 18.0 Å². The van der Waals surface area contributed by atoms with Gasteiger partial charge in [0.05, 0.1) is 18.0 Å². The Labute approximate surface area is 193 Å². The number of alkyl halides is 3. The number of rotatable bonds is 5. The molecule has 3 aromatic heterocycles. The van der Waals surface area contributed by atoms with E-state index in [1.807, 2.05) is 17.9 Å². The molecule has 2 fully saturated rings. The molecule has 0 spiro atoms. The van der Waals surface area contributed by atoms with Crippen molar-refractivity contribution in [3.8, 4) is 11.4 Å². The molecule has 5 rings (SSSR count). The fourth-order valence-electron chi connectivity index (χ4n) is 4.41. The van der Waals surface area contributed by atoms with E-state index in [0.717, 1.165) is 19.0 Å². The molecule has 2 aliphatic rings. The summed E-state index contributed by atoms with van der Waals surface area (Å²) in [6.45, 7) is 2.78. The van der Waals surface area contributed by atoms with Crippen LogP contribution in [-0.2, 0) is 6.18 Å². The zero-order valence-electron chi connectivity index (χ0n) is 18.3. The van der Waals surface area contributed by atoms with E-state index >= 15 is 0 Å². The Bertz CT molecular complexity index is 1190. The molecule has 0 unspecified atom stereocenters. The van der Waals surface area contributed by atoms with Crippen molar-refractivity contribution in [1.29, 1.82) is 0 Å². The molecule has 1 aliphatic carbocycles. The molecule has 0 aromatic carbocycles. The van der Waals surface area contributed by atoms with Crippen molar-refractivity contribution in [3.05, 3.63) is 60.1 Å². The maximum atomic E-state index is 13.7. The van der Waals surface area contributed by atoms with Crippen molar-refractivity contribution in [2.24, 2.45) is 11.8 Å². The van der Waals surface area contributed by atoms with E-state index in [9.17, 15) is 18.0 Å². The lowest BCUT2D eigenvalue weighted by Gasteiger charge is -2.35. The molecule has 0 radical (unpaired) electrons. The average Bonchev–Trinajstić information content (AvgIpc) is 3.60. The predicted octanol–water partition coefficient (Wildman–Crippen LogP) is 3.62. The summed E-state index contributed by atoms with van der Waals surface area (Å²) in [6.07, 6.45) is 2.32. The molecule has 3 aromatic rings. The molecule has 176 valence electrons. The number of pyridine rings is 1. The monoisotopic (exact) mass is 469 g/mol. The third-order valence-electron chi connectivity index (χ3n) is 6.28. The number of nitrogens with one attached hydrogen (secondary N) is 1. The normalized spacial score (nSPS) is 21.6. The van der Waals surface area contributed by atoms with Crippen LogP contribution in [0.5, 0.6) is 0 Å². The first-order chi connectivity index (χ1) is 16.3. The van der Waals surface area contributed by atoms with Gasteiger partial charge in [-0.25, -0.2) is 24.9 Å². The van der Waals surface area contributed by atoms with Crippen LogP contribution in [0.4, 0.5) is 19.0 Å². The van der Waals surface area contributed by atoms with Crippen molar-refractivity contribution in [3.63, 3.8) is 0 Å². The first-order valence-corrected chi connectivity index (χ1v) is 11.0. The summed E-state index contributed by atoms with van der Waals surface area (Å²) in [4.78, 5) is 35.9. The number of likely N-dealkylation sites (tertiary alicyclic amines) is 1. The number of fused-ring (bicyclic) bond motifs is 1. The minimum atomic E-state index is -4.54. The predicted molar refractivity (Wildman–Crippen MR) is 117 cm³/mol. The van der Waals surface area contributed by atoms with E-state index in [4.69, 9.17) is 0 Å². The van der Waals surface area contributed by atoms with Gasteiger partial charge in [0.1, 0.15) is 11.5 Å². The van der Waals surface area contributed by atoms with Crippen LogP contribution in [0.15, 0.2) is 43.0 Å². The number of anilines is 1. The zero-order valence-corrected chi connectivity index (χ0v) is 18.3. The molecule has 1 aliphatic heterocycles. The number of hydrogen-bond acceptors (Lipinski definition) is 7. The second-order valence-corrected chi connectivity index (χ2v) is 8.69. The lowest BCUT2D eigenvalue weighted by Crippen LogP contribution is -2.48. The second-order valence-electron chi connectivity index (χ2n) is 8.69. The molecule has 1 N–H and O–H groups in total. The van der Waals surface area contributed by atoms with Gasteiger partial charge >= 0.3 is 6.18 Å². The fraction of sp³-hybridized carbons (Fsp3) is 0.391. The molecule has 3 atom stereocenters. The number of piperidine rings is 1. The number of aromatic nitrogens is 5. The van der Waals surface area contributed by atoms with E-state index in [2.05, 4.69) is 30.2 Å². The molecule has 11 heteroatoms. The summed E-state index contributed by atoms with van der Waals surface area (Å²) in [5, 5.41) is 3.05. The lowest BCUT2D eigenvalue weighted by molar-refractivity contribution is -0.141. The van der Waals surface area contributed by atoms with Gasteiger partial charge in [-0.05, 0) is 49.8 Å². The summed E-state index contributed by atoms with van der Waals surface area (Å²) in [5.41, 5.74) is 0.521. The highest BCUT2D eigenvalue weighted by Crippen LogP contribution is 2.47. The number of hydrogen-bond donors (Lipinski definition) is 1. The van der Waals surface area contributed by atoms with Gasteiger partial charge in [-0.15, -0.1) is 0 Å². The molecule has 8 nitrogen and oxygen atoms in total. The van der Waals surface area contributed by atoms with Crippen molar-refractivity contribution in [2.45, 2.75) is 32.0 Å². The molecule has 0 bridgehead atoms. The number of amides is 1. The highest BCUT2D eigenvalue weighted by molar-refractivity contribution is 5.98. The Morgan fingerprint density at radius 3 is 2.59 bits per heavy atom. The minimum Gasteiger partial charge on any atom is -0.367 e. The summed E-state index contributed by atoms with van der Waals surface area (Å²) in [5.74, 6) is 1.46. The highest BCUT2D eigenvalue weighted by Gasteiger charge is 2.47. The van der Waals surface area contributed by atoms with Crippen LogP contribution in [-0.4, -0.2) is 54.9 Å². The SMILES string of the molecule is Cc1ccc(-c2ncccn2)c(C(=O)N2C[C@H]3C[C@H]3C[C@H]2CNc2cnc(C(F)(F)F)cn2)n1. The van der Waals surface area contributed by atoms with Crippen LogP contribution < -0.4 is 5.32 Å². The summed E-state index contributed by atoms with van der Waals surface area (Å²) in [6, 6.07) is 5.17. The summed E-state index contributed by atoms with van der Waals surface area (Å²) >= 11 is 0. The van der Waals surface area contributed by atoms with Crippen molar-refractivity contribution in [2.75, 3.05) is 18.4 Å². The first-order valence-electron chi connectivity index (χ1n) is 11.0. The Balaban J connectivity index is 1.37. The van der Waals surface area contributed by atoms with E-state index in [1.165, 1.54) is 0 Å². The molecule has 4 heterocycles. The molecular weight excluding hydrogens is 447 g/mol. The first kappa shape index (κ1) is 22.2. The van der Waals surface area contributed by atoms with Gasteiger partial charge < -0.3 is 10.2 Å². The lowest BCUT2D eigenvalue weighted by atomic mass is 10.00. The van der Waals surface area contributed by atoms with Crippen LogP contribution >= 0.6 is 0 Å². The Morgan fingerprint density at radius 1 is 1.09 bits per heavy atom. The second kappa shape index (κ2) is 8.62. The van der Waals surface area contributed by atoms with E-state index < -0.39 is 11.9 Å². The molecule has 1 amide bonds. The topological polar surface area (TPSA) is 96.8 Å². The van der Waals surface area contributed by atoms with Crippen molar-refractivity contribution in [1.82, 2.24) is 29.8 Å². The van der Waals surface area contributed by atoms with E-state index in [0.29, 0.717) is 53.9 Å². The highest BCUT2D eigenvalue weighted by atomic mass is 19.4. The average molecular weight is 469 g/mol. The molecular formula is C23H22F3N7O. The third-order valence-corrected chi connectivity index (χ3v) is 6.28. The maximum absolute atomic E-state index is 13.7. The van der Waals surface area contributed by atoms with E-state index in [-0.39, 0.29) is 17.8 Å². The number of nitrogens with zero attached hydrogens (tertiary/aromatic N) is 6. The van der Waals surface area contributed by atoms with Gasteiger partial charge in [-0.1, -0.05) is 0 Å². The molecule has 34 heavy (non-hydrogen) atoms. The quantitative estimate of drug-likeness (QED) is 0.610. The van der Waals surface area contributed by atoms with Crippen LogP contribution in [0.3, 0.4) is 0 Å². The summed E-state index contributed by atoms with van der Waals surface area (Å²) < 4.78 is 38.2. The number of carbonyl (C=O) groups excluding carboxylic acids is 1. The summed E-state index contributed by atoms with van der Waals surface area (Å²) in [7, 11) is 0.